The number of carbonyl (C=O) groups is 2. The zero-order chi connectivity index (χ0) is 8.27. The Kier molecular flexibility index (Phi) is 2.93. The van der Waals surface area contributed by atoms with Gasteiger partial charge in [-0.3, -0.25) is 14.5 Å². The molecule has 62 valence electrons. The molecule has 1 aliphatic rings. The van der Waals surface area contributed by atoms with Gasteiger partial charge in [0, 0.05) is 6.54 Å². The van der Waals surface area contributed by atoms with Crippen LogP contribution < -0.4 is 0 Å². The molecule has 2 amide bonds. The van der Waals surface area contributed by atoms with Crippen LogP contribution in [-0.2, 0) is 4.79 Å². The smallest absolute Gasteiger partial charge is 0.273 e. The van der Waals surface area contributed by atoms with Crippen LogP contribution in [-0.4, -0.2) is 28.3 Å². The molecule has 1 saturated heterocycles. The first-order chi connectivity index (χ1) is 5.25. The third-order valence-electron chi connectivity index (χ3n) is 1.58. The molecule has 0 aromatic rings. The van der Waals surface area contributed by atoms with E-state index in [1.807, 2.05) is 6.92 Å². The molecular formula is C7H11NO2S. The Morgan fingerprint density at radius 3 is 2.73 bits per heavy atom. The molecular weight excluding hydrogens is 162 g/mol. The Morgan fingerprint density at radius 1 is 1.55 bits per heavy atom. The average Bonchev–Trinajstić information content (AvgIpc) is 2.29. The fourth-order valence-electron chi connectivity index (χ4n) is 0.913. The molecule has 3 nitrogen and oxygen atoms in total. The topological polar surface area (TPSA) is 37.4 Å². The highest BCUT2D eigenvalue weighted by Crippen LogP contribution is 2.18. The number of amides is 2. The van der Waals surface area contributed by atoms with E-state index >= 15 is 0 Å². The molecule has 0 aliphatic carbocycles. The summed E-state index contributed by atoms with van der Waals surface area (Å²) in [5, 5.41) is -0.0801. The van der Waals surface area contributed by atoms with Gasteiger partial charge < -0.3 is 0 Å². The summed E-state index contributed by atoms with van der Waals surface area (Å²) < 4.78 is 0. The summed E-state index contributed by atoms with van der Waals surface area (Å²) in [6.07, 6.45) is 1.93. The van der Waals surface area contributed by atoms with Gasteiger partial charge in [-0.25, -0.2) is 0 Å². The molecule has 0 bridgehead atoms. The molecule has 11 heavy (non-hydrogen) atoms. The summed E-state index contributed by atoms with van der Waals surface area (Å²) >= 11 is 1.10. The van der Waals surface area contributed by atoms with Gasteiger partial charge >= 0.3 is 0 Å². The first kappa shape index (κ1) is 8.59. The van der Waals surface area contributed by atoms with Crippen LogP contribution >= 0.6 is 11.8 Å². The number of hydrogen-bond donors (Lipinski definition) is 0. The maximum atomic E-state index is 11.0. The molecule has 1 aliphatic heterocycles. The lowest BCUT2D eigenvalue weighted by molar-refractivity contribution is -0.124. The van der Waals surface area contributed by atoms with Gasteiger partial charge in [0.2, 0.25) is 5.91 Å². The van der Waals surface area contributed by atoms with Crippen LogP contribution in [0.5, 0.6) is 0 Å². The van der Waals surface area contributed by atoms with Crippen LogP contribution in [0.4, 0.5) is 4.79 Å². The van der Waals surface area contributed by atoms with E-state index in [-0.39, 0.29) is 11.1 Å². The number of thioether (sulfide) groups is 1. The van der Waals surface area contributed by atoms with Gasteiger partial charge in [-0.1, -0.05) is 25.1 Å². The van der Waals surface area contributed by atoms with E-state index < -0.39 is 0 Å². The number of nitrogens with zero attached hydrogens (tertiary/aromatic N) is 1. The SMILES string of the molecule is CCCCN1C(=O)CSC1=O. The van der Waals surface area contributed by atoms with Crippen molar-refractivity contribution in [2.75, 3.05) is 12.3 Å². The first-order valence-corrected chi connectivity index (χ1v) is 4.71. The molecule has 0 atom stereocenters. The van der Waals surface area contributed by atoms with Crippen molar-refractivity contribution in [3.05, 3.63) is 0 Å². The minimum absolute atomic E-state index is 0.0338. The minimum Gasteiger partial charge on any atom is -0.273 e. The summed E-state index contributed by atoms with van der Waals surface area (Å²) in [5.41, 5.74) is 0. The molecule has 0 saturated carbocycles. The number of rotatable bonds is 3. The van der Waals surface area contributed by atoms with Crippen molar-refractivity contribution >= 4 is 22.9 Å². The third-order valence-corrected chi connectivity index (χ3v) is 2.43. The van der Waals surface area contributed by atoms with E-state index in [1.54, 1.807) is 0 Å². The normalized spacial score (nSPS) is 18.1. The van der Waals surface area contributed by atoms with Gasteiger partial charge in [0.15, 0.2) is 0 Å². The van der Waals surface area contributed by atoms with Crippen molar-refractivity contribution in [3.63, 3.8) is 0 Å². The molecule has 4 heteroatoms. The maximum absolute atomic E-state index is 11.0. The average molecular weight is 173 g/mol. The number of unbranched alkanes of at least 4 members (excludes halogenated alkanes) is 1. The highest BCUT2D eigenvalue weighted by molar-refractivity contribution is 8.14. The summed E-state index contributed by atoms with van der Waals surface area (Å²) in [6, 6.07) is 0. The molecule has 0 unspecified atom stereocenters. The summed E-state index contributed by atoms with van der Waals surface area (Å²) in [4.78, 5) is 23.3. The van der Waals surface area contributed by atoms with Crippen molar-refractivity contribution in [2.24, 2.45) is 0 Å². The van der Waals surface area contributed by atoms with Crippen LogP contribution in [0.1, 0.15) is 19.8 Å². The standard InChI is InChI=1S/C7H11NO2S/c1-2-3-4-8-6(9)5-11-7(8)10/h2-5H2,1H3. The van der Waals surface area contributed by atoms with E-state index in [1.165, 1.54) is 4.90 Å². The van der Waals surface area contributed by atoms with Crippen molar-refractivity contribution in [1.82, 2.24) is 4.90 Å². The molecule has 1 fully saturated rings. The van der Waals surface area contributed by atoms with E-state index in [4.69, 9.17) is 0 Å². The second-order valence-corrected chi connectivity index (χ2v) is 3.38. The molecule has 0 N–H and O–H groups in total. The Morgan fingerprint density at radius 2 is 2.27 bits per heavy atom. The number of carbonyl (C=O) groups excluding carboxylic acids is 2. The highest BCUT2D eigenvalue weighted by atomic mass is 32.2. The Bertz CT molecular complexity index is 165. The van der Waals surface area contributed by atoms with Gasteiger partial charge in [0.05, 0.1) is 5.75 Å². The van der Waals surface area contributed by atoms with Crippen LogP contribution in [0, 0.1) is 0 Å². The maximum Gasteiger partial charge on any atom is 0.288 e. The Labute approximate surface area is 70.1 Å². The van der Waals surface area contributed by atoms with E-state index in [9.17, 15) is 9.59 Å². The van der Waals surface area contributed by atoms with E-state index in [0.29, 0.717) is 12.3 Å². The third kappa shape index (κ3) is 1.96. The van der Waals surface area contributed by atoms with Crippen molar-refractivity contribution in [3.8, 4) is 0 Å². The predicted octanol–water partition coefficient (Wildman–Crippen LogP) is 1.48. The van der Waals surface area contributed by atoms with Crippen molar-refractivity contribution in [2.45, 2.75) is 19.8 Å². The Hall–Kier alpha value is -0.510. The quantitative estimate of drug-likeness (QED) is 0.648. The molecule has 0 spiro atoms. The summed E-state index contributed by atoms with van der Waals surface area (Å²) in [7, 11) is 0. The predicted molar refractivity (Wildman–Crippen MR) is 44.5 cm³/mol. The number of imide groups is 1. The van der Waals surface area contributed by atoms with Crippen LogP contribution in [0.15, 0.2) is 0 Å². The van der Waals surface area contributed by atoms with Crippen LogP contribution in [0.25, 0.3) is 0 Å². The second kappa shape index (κ2) is 3.76. The lowest BCUT2D eigenvalue weighted by atomic mass is 10.3. The van der Waals surface area contributed by atoms with Crippen LogP contribution in [0.2, 0.25) is 0 Å². The first-order valence-electron chi connectivity index (χ1n) is 3.73. The fraction of sp³-hybridized carbons (Fsp3) is 0.714. The fourth-order valence-corrected chi connectivity index (χ4v) is 1.67. The molecule has 0 radical (unpaired) electrons. The van der Waals surface area contributed by atoms with Crippen LogP contribution in [0.3, 0.4) is 0 Å². The molecule has 1 heterocycles. The molecule has 0 aromatic carbocycles. The Balaban J connectivity index is 2.41. The van der Waals surface area contributed by atoms with Gasteiger partial charge in [-0.05, 0) is 6.42 Å². The van der Waals surface area contributed by atoms with Crippen molar-refractivity contribution in [1.29, 1.82) is 0 Å². The highest BCUT2D eigenvalue weighted by Gasteiger charge is 2.28. The molecule has 0 aromatic heterocycles. The second-order valence-electron chi connectivity index (χ2n) is 2.45. The zero-order valence-corrected chi connectivity index (χ0v) is 7.32. The largest absolute Gasteiger partial charge is 0.288 e. The zero-order valence-electron chi connectivity index (χ0n) is 6.50. The van der Waals surface area contributed by atoms with Gasteiger partial charge in [-0.15, -0.1) is 0 Å². The van der Waals surface area contributed by atoms with E-state index in [0.717, 1.165) is 24.6 Å². The summed E-state index contributed by atoms with van der Waals surface area (Å²) in [5.74, 6) is 0.302. The minimum atomic E-state index is -0.0801. The van der Waals surface area contributed by atoms with Gasteiger partial charge in [0.25, 0.3) is 5.24 Å². The van der Waals surface area contributed by atoms with Gasteiger partial charge in [0.1, 0.15) is 0 Å². The number of hydrogen-bond acceptors (Lipinski definition) is 3. The lowest BCUT2D eigenvalue weighted by Gasteiger charge is -2.10. The lowest BCUT2D eigenvalue weighted by Crippen LogP contribution is -2.29. The molecule has 1 rings (SSSR count). The monoisotopic (exact) mass is 173 g/mol. The van der Waals surface area contributed by atoms with E-state index in [2.05, 4.69) is 0 Å². The van der Waals surface area contributed by atoms with Gasteiger partial charge in [-0.2, -0.15) is 0 Å². The van der Waals surface area contributed by atoms with Crippen molar-refractivity contribution < 1.29 is 9.59 Å². The summed E-state index contributed by atoms with van der Waals surface area (Å²) in [6.45, 7) is 2.64.